The van der Waals surface area contributed by atoms with E-state index in [-0.39, 0.29) is 11.9 Å². The highest BCUT2D eigenvalue weighted by atomic mass is 19.4. The lowest BCUT2D eigenvalue weighted by Crippen LogP contribution is -2.32. The highest BCUT2D eigenvalue weighted by Gasteiger charge is 2.38. The zero-order valence-electron chi connectivity index (χ0n) is 20.9. The summed E-state index contributed by atoms with van der Waals surface area (Å²) in [5, 5.41) is 13.1. The molecule has 1 saturated carbocycles. The number of aryl methyl sites for hydroxylation is 1. The van der Waals surface area contributed by atoms with E-state index in [1.807, 2.05) is 44.4 Å². The van der Waals surface area contributed by atoms with Crippen molar-refractivity contribution in [2.45, 2.75) is 31.2 Å². The van der Waals surface area contributed by atoms with E-state index < -0.39 is 12.1 Å². The Morgan fingerprint density at radius 3 is 2.56 bits per heavy atom. The van der Waals surface area contributed by atoms with Crippen LogP contribution in [-0.4, -0.2) is 62.6 Å². The van der Waals surface area contributed by atoms with E-state index in [0.29, 0.717) is 24.1 Å². The first kappa shape index (κ1) is 26.1. The predicted molar refractivity (Wildman–Crippen MR) is 135 cm³/mol. The molecule has 0 unspecified atom stereocenters. The third kappa shape index (κ3) is 5.11. The topological polar surface area (TPSA) is 133 Å². The van der Waals surface area contributed by atoms with E-state index >= 15 is 0 Å². The molecule has 4 aromatic rings. The fourth-order valence-corrected chi connectivity index (χ4v) is 4.38. The van der Waals surface area contributed by atoms with E-state index in [4.69, 9.17) is 25.1 Å². The Hall–Kier alpha value is -4.55. The zero-order valence-corrected chi connectivity index (χ0v) is 20.9. The SMILES string of the molecule is CN(C(=O)c1ccc2nc(N)c3cnn(C)c3c2c1)[C@@H]1COc2cc(OC3CC3)ccc21.O=C(O)C(F)(F)F. The number of carboxylic acids is 1. The second-order valence-electron chi connectivity index (χ2n) is 9.32. The molecule has 2 aromatic carbocycles. The highest BCUT2D eigenvalue weighted by molar-refractivity contribution is 6.10. The molecule has 0 radical (unpaired) electrons. The van der Waals surface area contributed by atoms with Crippen molar-refractivity contribution in [1.82, 2.24) is 19.7 Å². The third-order valence-electron chi connectivity index (χ3n) is 6.55. The minimum atomic E-state index is -5.08. The van der Waals surface area contributed by atoms with E-state index in [1.54, 1.807) is 21.8 Å². The van der Waals surface area contributed by atoms with Crippen LogP contribution < -0.4 is 15.2 Å². The van der Waals surface area contributed by atoms with Gasteiger partial charge in [-0.3, -0.25) is 9.48 Å². The van der Waals surface area contributed by atoms with Crippen LogP contribution in [0.25, 0.3) is 21.8 Å². The molecule has 3 N–H and O–H groups in total. The van der Waals surface area contributed by atoms with Crippen LogP contribution in [0.5, 0.6) is 11.5 Å². The standard InChI is InChI=1S/C24H23N5O3.C2HF3O2/c1-28(20-12-31-21-10-15(6-7-16(20)21)32-14-4-5-14)24(30)13-3-8-19-17(9-13)22-18(23(25)27-19)11-26-29(22)2;3-2(4,5)1(6)7/h3,6-11,14,20H,4-5,12H2,1-2H3,(H2,25,27);(H,6,7)/t20-;/m1./s1. The minimum Gasteiger partial charge on any atom is -0.491 e. The lowest BCUT2D eigenvalue weighted by atomic mass is 10.0. The minimum absolute atomic E-state index is 0.0844. The lowest BCUT2D eigenvalue weighted by molar-refractivity contribution is -0.192. The number of nitrogens with two attached hydrogens (primary N) is 1. The highest BCUT2D eigenvalue weighted by Crippen LogP contribution is 2.40. The molecule has 2 aromatic heterocycles. The summed E-state index contributed by atoms with van der Waals surface area (Å²) in [6, 6.07) is 11.2. The Morgan fingerprint density at radius 2 is 1.90 bits per heavy atom. The number of carbonyl (C=O) groups is 2. The molecule has 10 nitrogen and oxygen atoms in total. The molecule has 1 atom stereocenters. The number of carbonyl (C=O) groups excluding carboxylic acids is 1. The maximum atomic E-state index is 13.4. The Bertz CT molecular complexity index is 1600. The van der Waals surface area contributed by atoms with Crippen molar-refractivity contribution in [3.8, 4) is 11.5 Å². The molecule has 0 bridgehead atoms. The van der Waals surface area contributed by atoms with Gasteiger partial charge in [0.2, 0.25) is 0 Å². The van der Waals surface area contributed by atoms with Crippen LogP contribution in [0.2, 0.25) is 0 Å². The average Bonchev–Trinajstić information content (AvgIpc) is 3.46. The Labute approximate surface area is 219 Å². The van der Waals surface area contributed by atoms with Crippen LogP contribution in [0.3, 0.4) is 0 Å². The second kappa shape index (κ2) is 9.64. The van der Waals surface area contributed by atoms with Crippen molar-refractivity contribution < 1.29 is 37.3 Å². The number of carboxylic acid groups (broad SMARTS) is 1. The average molecular weight is 544 g/mol. The summed E-state index contributed by atoms with van der Waals surface area (Å²) in [5.41, 5.74) is 9.26. The molecule has 6 rings (SSSR count). The number of nitrogens with zero attached hydrogens (tertiary/aromatic N) is 4. The number of aliphatic carboxylic acids is 1. The quantitative estimate of drug-likeness (QED) is 0.394. The van der Waals surface area contributed by atoms with Crippen LogP contribution in [0, 0.1) is 0 Å². The number of pyridine rings is 1. The van der Waals surface area contributed by atoms with Crippen molar-refractivity contribution in [2.75, 3.05) is 19.4 Å². The maximum Gasteiger partial charge on any atom is 0.490 e. The molecular formula is C26H24F3N5O5. The molecule has 204 valence electrons. The molecule has 3 heterocycles. The first-order valence-corrected chi connectivity index (χ1v) is 12.0. The van der Waals surface area contributed by atoms with Crippen LogP contribution >= 0.6 is 0 Å². The zero-order chi connectivity index (χ0) is 28.1. The number of ether oxygens (including phenoxy) is 2. The van der Waals surface area contributed by atoms with Gasteiger partial charge in [0.25, 0.3) is 5.91 Å². The molecule has 13 heteroatoms. The van der Waals surface area contributed by atoms with Gasteiger partial charge in [-0.15, -0.1) is 0 Å². The summed E-state index contributed by atoms with van der Waals surface area (Å²) in [7, 11) is 3.67. The van der Waals surface area contributed by atoms with Crippen LogP contribution in [0.4, 0.5) is 19.0 Å². The van der Waals surface area contributed by atoms with Crippen LogP contribution in [0.1, 0.15) is 34.8 Å². The maximum absolute atomic E-state index is 13.4. The summed E-state index contributed by atoms with van der Waals surface area (Å²) in [4.78, 5) is 28.5. The first-order valence-electron chi connectivity index (χ1n) is 12.0. The summed E-state index contributed by atoms with van der Waals surface area (Å²) in [5.74, 6) is -0.808. The van der Waals surface area contributed by atoms with Crippen molar-refractivity contribution >= 4 is 39.5 Å². The molecule has 1 fully saturated rings. The number of halogens is 3. The van der Waals surface area contributed by atoms with Gasteiger partial charge in [-0.05, 0) is 43.2 Å². The van der Waals surface area contributed by atoms with Gasteiger partial charge in [-0.25, -0.2) is 9.78 Å². The number of alkyl halides is 3. The van der Waals surface area contributed by atoms with E-state index in [9.17, 15) is 18.0 Å². The van der Waals surface area contributed by atoms with Gasteiger partial charge >= 0.3 is 12.1 Å². The predicted octanol–water partition coefficient (Wildman–Crippen LogP) is 4.08. The number of amides is 1. The molecular weight excluding hydrogens is 519 g/mol. The van der Waals surface area contributed by atoms with E-state index in [2.05, 4.69) is 10.1 Å². The number of aromatic nitrogens is 3. The molecule has 1 aliphatic heterocycles. The lowest BCUT2D eigenvalue weighted by Gasteiger charge is -2.24. The fourth-order valence-electron chi connectivity index (χ4n) is 4.38. The van der Waals surface area contributed by atoms with Crippen molar-refractivity contribution in [3.05, 3.63) is 53.7 Å². The van der Waals surface area contributed by atoms with Gasteiger partial charge < -0.3 is 25.2 Å². The van der Waals surface area contributed by atoms with Crippen molar-refractivity contribution in [1.29, 1.82) is 0 Å². The van der Waals surface area contributed by atoms with Gasteiger partial charge in [0, 0.05) is 36.7 Å². The van der Waals surface area contributed by atoms with Crippen molar-refractivity contribution in [2.24, 2.45) is 7.05 Å². The van der Waals surface area contributed by atoms with Crippen LogP contribution in [0.15, 0.2) is 42.6 Å². The summed E-state index contributed by atoms with van der Waals surface area (Å²) >= 11 is 0. The largest absolute Gasteiger partial charge is 0.491 e. The Morgan fingerprint density at radius 1 is 1.18 bits per heavy atom. The number of anilines is 1. The second-order valence-corrected chi connectivity index (χ2v) is 9.32. The van der Waals surface area contributed by atoms with Crippen molar-refractivity contribution in [3.63, 3.8) is 0 Å². The molecule has 39 heavy (non-hydrogen) atoms. The molecule has 0 spiro atoms. The summed E-state index contributed by atoms with van der Waals surface area (Å²) in [6.45, 7) is 0.419. The molecule has 0 saturated heterocycles. The first-order chi connectivity index (χ1) is 18.4. The van der Waals surface area contributed by atoms with E-state index in [0.717, 1.165) is 51.7 Å². The number of benzene rings is 2. The van der Waals surface area contributed by atoms with Crippen LogP contribution in [-0.2, 0) is 11.8 Å². The number of nitrogen functional groups attached to an aromatic ring is 1. The van der Waals surface area contributed by atoms with Gasteiger partial charge in [0.1, 0.15) is 23.9 Å². The smallest absolute Gasteiger partial charge is 0.490 e. The number of rotatable bonds is 4. The van der Waals surface area contributed by atoms with Gasteiger partial charge in [0.05, 0.1) is 34.8 Å². The Kier molecular flexibility index (Phi) is 6.44. The Balaban J connectivity index is 0.000000392. The van der Waals surface area contributed by atoms with E-state index in [1.165, 1.54) is 0 Å². The monoisotopic (exact) mass is 543 g/mol. The molecule has 1 aliphatic carbocycles. The number of hydrogen-bond donors (Lipinski definition) is 2. The number of hydrogen-bond acceptors (Lipinski definition) is 7. The summed E-state index contributed by atoms with van der Waals surface area (Å²) < 4.78 is 45.3. The summed E-state index contributed by atoms with van der Waals surface area (Å²) in [6.07, 6.45) is -0.836. The van der Waals surface area contributed by atoms with Gasteiger partial charge in [0.15, 0.2) is 0 Å². The van der Waals surface area contributed by atoms with Gasteiger partial charge in [-0.1, -0.05) is 0 Å². The number of fused-ring (bicyclic) bond motifs is 4. The van der Waals surface area contributed by atoms with Gasteiger partial charge in [-0.2, -0.15) is 18.3 Å². The third-order valence-corrected chi connectivity index (χ3v) is 6.55. The molecule has 2 aliphatic rings. The normalized spacial score (nSPS) is 16.3. The number of likely N-dealkylation sites (N-methyl/N-ethyl adjacent to an activating group) is 1. The molecule has 1 amide bonds. The fraction of sp³-hybridized carbons (Fsp3) is 0.308.